The zero-order chi connectivity index (χ0) is 38.4. The van der Waals surface area contributed by atoms with Gasteiger partial charge < -0.3 is 27.9 Å². The molecule has 3 heterocycles. The van der Waals surface area contributed by atoms with Gasteiger partial charge in [-0.05, 0) is 65.0 Å². The van der Waals surface area contributed by atoms with Crippen LogP contribution in [0.5, 0.6) is 17.4 Å². The summed E-state index contributed by atoms with van der Waals surface area (Å²) in [4.78, 5) is 19.3. The number of ether oxygens (including phenoxy) is 4. The van der Waals surface area contributed by atoms with Crippen LogP contribution in [-0.4, -0.2) is 37.1 Å². The number of carbonyl (C=O) groups is 1. The van der Waals surface area contributed by atoms with E-state index < -0.39 is 14.3 Å². The van der Waals surface area contributed by atoms with E-state index in [0.717, 1.165) is 58.3 Å². The highest BCUT2D eigenvalue weighted by atomic mass is 28.4. The Hall–Kier alpha value is -5.38. The fourth-order valence-electron chi connectivity index (χ4n) is 6.46. The predicted octanol–water partition coefficient (Wildman–Crippen LogP) is 10.6. The number of carbonyl (C=O) groups excluding carboxylic acids is 1. The first-order chi connectivity index (χ1) is 26.6. The van der Waals surface area contributed by atoms with Crippen LogP contribution in [0.15, 0.2) is 115 Å². The van der Waals surface area contributed by atoms with Crippen LogP contribution in [0.1, 0.15) is 59.8 Å². The van der Waals surface area contributed by atoms with E-state index in [0.29, 0.717) is 24.5 Å². The van der Waals surface area contributed by atoms with Crippen LogP contribution >= 0.6 is 0 Å². The molecule has 7 rings (SSSR count). The van der Waals surface area contributed by atoms with Gasteiger partial charge in [-0.25, -0.2) is 9.78 Å². The first-order valence-corrected chi connectivity index (χ1v) is 22.0. The second-order valence-corrected chi connectivity index (χ2v) is 20.4. The number of esters is 1. The third-order valence-corrected chi connectivity index (χ3v) is 15.2. The molecule has 0 radical (unpaired) electrons. The molecule has 4 aromatic carbocycles. The van der Waals surface area contributed by atoms with Crippen molar-refractivity contribution in [1.29, 1.82) is 0 Å². The van der Waals surface area contributed by atoms with Crippen LogP contribution in [0.2, 0.25) is 18.1 Å². The van der Waals surface area contributed by atoms with E-state index in [4.69, 9.17) is 28.4 Å². The molecule has 0 fully saturated rings. The number of rotatable bonds is 14. The number of fused-ring (bicyclic) bond motifs is 4. The normalized spacial score (nSPS) is 12.7. The molecule has 0 saturated heterocycles. The lowest BCUT2D eigenvalue weighted by Crippen LogP contribution is -2.41. The summed E-state index contributed by atoms with van der Waals surface area (Å²) in [5, 5.41) is 1.27. The molecule has 0 unspecified atom stereocenters. The molecule has 0 spiro atoms. The van der Waals surface area contributed by atoms with Crippen LogP contribution in [0.3, 0.4) is 0 Å². The first-order valence-electron chi connectivity index (χ1n) is 19.1. The van der Waals surface area contributed by atoms with Gasteiger partial charge in [0.2, 0.25) is 5.88 Å². The summed E-state index contributed by atoms with van der Waals surface area (Å²) < 4.78 is 34.3. The number of pyridine rings is 1. The van der Waals surface area contributed by atoms with E-state index in [1.54, 1.807) is 0 Å². The van der Waals surface area contributed by atoms with Crippen molar-refractivity contribution in [2.75, 3.05) is 13.2 Å². The molecule has 0 saturated carbocycles. The van der Waals surface area contributed by atoms with Gasteiger partial charge in [0, 0.05) is 42.2 Å². The van der Waals surface area contributed by atoms with E-state index in [1.807, 2.05) is 91.0 Å². The van der Waals surface area contributed by atoms with Crippen LogP contribution in [0, 0.1) is 0 Å². The van der Waals surface area contributed by atoms with Crippen LogP contribution in [-0.2, 0) is 41.9 Å². The van der Waals surface area contributed by atoms with Crippen LogP contribution < -0.4 is 14.2 Å². The molecule has 8 nitrogen and oxygen atoms in total. The van der Waals surface area contributed by atoms with Gasteiger partial charge in [0.15, 0.2) is 25.4 Å². The molecule has 9 heteroatoms. The molecule has 0 bridgehead atoms. The van der Waals surface area contributed by atoms with Gasteiger partial charge in [-0.15, -0.1) is 0 Å². The molecule has 284 valence electrons. The highest BCUT2D eigenvalue weighted by molar-refractivity contribution is 6.74. The highest BCUT2D eigenvalue weighted by Crippen LogP contribution is 2.47. The first kappa shape index (κ1) is 37.9. The number of aryl methyl sites for hydroxylation is 1. The third-order valence-electron chi connectivity index (χ3n) is 10.6. The Balaban J connectivity index is 1.28. The molecule has 0 aliphatic carbocycles. The zero-order valence-electron chi connectivity index (χ0n) is 32.5. The Morgan fingerprint density at radius 2 is 1.44 bits per heavy atom. The Labute approximate surface area is 325 Å². The van der Waals surface area contributed by atoms with Gasteiger partial charge >= 0.3 is 5.97 Å². The summed E-state index contributed by atoms with van der Waals surface area (Å²) in [5.74, 6) is 0.167. The summed E-state index contributed by atoms with van der Waals surface area (Å²) in [6.45, 7) is 13.9. The third kappa shape index (κ3) is 8.79. The average Bonchev–Trinajstić information content (AvgIpc) is 3.49. The second kappa shape index (κ2) is 16.5. The molecular weight excluding hydrogens is 705 g/mol. The van der Waals surface area contributed by atoms with E-state index >= 15 is 0 Å². The van der Waals surface area contributed by atoms with Crippen molar-refractivity contribution in [3.05, 3.63) is 143 Å². The van der Waals surface area contributed by atoms with Crippen molar-refractivity contribution >= 4 is 25.2 Å². The number of nitrogens with zero attached hydrogens (tertiary/aromatic N) is 2. The van der Waals surface area contributed by atoms with Crippen LogP contribution in [0.25, 0.3) is 22.2 Å². The number of hydrogen-bond donors (Lipinski definition) is 0. The van der Waals surface area contributed by atoms with E-state index in [-0.39, 0.29) is 42.1 Å². The minimum Gasteiger partial charge on any atom is -0.487 e. The number of benzene rings is 4. The molecule has 55 heavy (non-hydrogen) atoms. The van der Waals surface area contributed by atoms with Crippen molar-refractivity contribution in [3.8, 4) is 28.6 Å². The quantitative estimate of drug-likeness (QED) is 0.0622. The van der Waals surface area contributed by atoms with Crippen molar-refractivity contribution < 1.29 is 28.2 Å². The van der Waals surface area contributed by atoms with E-state index in [2.05, 4.69) is 62.8 Å². The minimum atomic E-state index is -1.81. The summed E-state index contributed by atoms with van der Waals surface area (Å²) >= 11 is 0. The maximum Gasteiger partial charge on any atom is 0.348 e. The van der Waals surface area contributed by atoms with Crippen molar-refractivity contribution in [2.24, 2.45) is 0 Å². The van der Waals surface area contributed by atoms with E-state index in [1.165, 1.54) is 0 Å². The predicted molar refractivity (Wildman–Crippen MR) is 219 cm³/mol. The molecule has 0 N–H and O–H groups in total. The van der Waals surface area contributed by atoms with Crippen molar-refractivity contribution in [1.82, 2.24) is 9.55 Å². The smallest absolute Gasteiger partial charge is 0.348 e. The number of aromatic nitrogens is 2. The maximum atomic E-state index is 14.2. The van der Waals surface area contributed by atoms with E-state index in [9.17, 15) is 4.79 Å². The zero-order valence-corrected chi connectivity index (χ0v) is 33.5. The standard InChI is InChI=1S/C46H50N2O6Si/c1-46(2,3)55(4,5)54-26-15-24-48-25-22-37-28-38-36(29-39(37)48)23-27-50-43-41(38)47-44(52-31-34-18-11-7-12-19-34)40(42(43)51-30-33-16-9-6-10-17-33)45(49)53-32-35-20-13-8-14-21-35/h6-14,16-22,25,28-29H,15,23-24,26-27,30-32H2,1-5H3. The van der Waals surface area contributed by atoms with Gasteiger partial charge in [-0.1, -0.05) is 112 Å². The largest absolute Gasteiger partial charge is 0.487 e. The molecule has 0 atom stereocenters. The minimum absolute atomic E-state index is 0.0775. The average molecular weight is 755 g/mol. The van der Waals surface area contributed by atoms with Gasteiger partial charge in [0.05, 0.1) is 6.61 Å². The fourth-order valence-corrected chi connectivity index (χ4v) is 7.55. The lowest BCUT2D eigenvalue weighted by Gasteiger charge is -2.36. The molecule has 2 aromatic heterocycles. The second-order valence-electron chi connectivity index (χ2n) is 15.5. The SMILES string of the molecule is CC(C)(C)[Si](C)(C)OCCCn1ccc2cc3c(cc21)CCOc1c-3nc(OCc2ccccc2)c(C(=O)OCc2ccccc2)c1OCc1ccccc1. The summed E-state index contributed by atoms with van der Waals surface area (Å²) in [5.41, 5.74) is 6.56. The topological polar surface area (TPSA) is 81.0 Å². The fraction of sp³-hybridized carbons (Fsp3) is 0.304. The molecule has 0 amide bonds. The van der Waals surface area contributed by atoms with Gasteiger partial charge in [0.1, 0.15) is 25.5 Å². The monoisotopic (exact) mass is 754 g/mol. The molecule has 1 aliphatic heterocycles. The molecule has 1 aliphatic rings. The summed E-state index contributed by atoms with van der Waals surface area (Å²) in [7, 11) is -1.81. The van der Waals surface area contributed by atoms with Crippen molar-refractivity contribution in [2.45, 2.75) is 78.1 Å². The lowest BCUT2D eigenvalue weighted by molar-refractivity contribution is 0.0459. The van der Waals surface area contributed by atoms with Crippen LogP contribution in [0.4, 0.5) is 0 Å². The maximum absolute atomic E-state index is 14.2. The molecule has 6 aromatic rings. The Kier molecular flexibility index (Phi) is 11.4. The molecular formula is C46H50N2O6Si. The van der Waals surface area contributed by atoms with Gasteiger partial charge in [-0.3, -0.25) is 0 Å². The Morgan fingerprint density at radius 3 is 2.07 bits per heavy atom. The Morgan fingerprint density at radius 1 is 0.818 bits per heavy atom. The lowest BCUT2D eigenvalue weighted by atomic mass is 9.98. The van der Waals surface area contributed by atoms with Gasteiger partial charge in [0.25, 0.3) is 0 Å². The Bertz CT molecular complexity index is 2230. The number of hydrogen-bond acceptors (Lipinski definition) is 7. The highest BCUT2D eigenvalue weighted by Gasteiger charge is 2.37. The summed E-state index contributed by atoms with van der Waals surface area (Å²) in [6, 6.07) is 35.8. The van der Waals surface area contributed by atoms with Gasteiger partial charge in [-0.2, -0.15) is 0 Å². The van der Waals surface area contributed by atoms with Crippen molar-refractivity contribution in [3.63, 3.8) is 0 Å². The summed E-state index contributed by atoms with van der Waals surface area (Å²) in [6.07, 6.45) is 3.72.